The number of rotatable bonds is 6. The Morgan fingerprint density at radius 3 is 2.67 bits per heavy atom. The maximum absolute atomic E-state index is 11.7. The van der Waals surface area contributed by atoms with Crippen LogP contribution >= 0.6 is 11.3 Å². The second kappa shape index (κ2) is 5.42. The van der Waals surface area contributed by atoms with Gasteiger partial charge in [0.15, 0.2) is 9.84 Å². The van der Waals surface area contributed by atoms with E-state index in [1.807, 2.05) is 0 Å². The first-order valence-corrected chi connectivity index (χ1v) is 7.31. The third-order valence-corrected chi connectivity index (χ3v) is 5.28. The zero-order valence-electron chi connectivity index (χ0n) is 8.60. The van der Waals surface area contributed by atoms with Gasteiger partial charge in [-0.1, -0.05) is 6.07 Å². The number of hydrogen-bond donors (Lipinski definition) is 0. The fraction of sp³-hybridized carbons (Fsp3) is 0.500. The summed E-state index contributed by atoms with van der Waals surface area (Å²) >= 11 is 1.24. The van der Waals surface area contributed by atoms with Crippen molar-refractivity contribution in [2.24, 2.45) is 0 Å². The van der Waals surface area contributed by atoms with E-state index in [1.165, 1.54) is 18.3 Å². The molecule has 0 amide bonds. The Labute approximate surface area is 94.0 Å². The standard InChI is InChI=1S/C10H14O3S2/c1-9(11)5-2-3-8-15(12,13)10-6-4-7-14-10/h4,6-7H,2-3,5,8H2,1H3. The number of hydrogen-bond acceptors (Lipinski definition) is 4. The van der Waals surface area contributed by atoms with E-state index in [9.17, 15) is 13.2 Å². The SMILES string of the molecule is CC(=O)CCCCS(=O)(=O)c1cccs1. The summed E-state index contributed by atoms with van der Waals surface area (Å²) in [6.07, 6.45) is 1.68. The summed E-state index contributed by atoms with van der Waals surface area (Å²) in [7, 11) is -3.11. The third-order valence-electron chi connectivity index (χ3n) is 1.99. The highest BCUT2D eigenvalue weighted by molar-refractivity contribution is 7.93. The van der Waals surface area contributed by atoms with Crippen LogP contribution in [0.15, 0.2) is 21.7 Å². The summed E-state index contributed by atoms with van der Waals surface area (Å²) in [6, 6.07) is 3.35. The highest BCUT2D eigenvalue weighted by Crippen LogP contribution is 2.18. The largest absolute Gasteiger partial charge is 0.300 e. The average Bonchev–Trinajstić information content (AvgIpc) is 2.65. The summed E-state index contributed by atoms with van der Waals surface area (Å²) in [5.41, 5.74) is 0. The molecule has 0 aliphatic rings. The maximum atomic E-state index is 11.7. The summed E-state index contributed by atoms with van der Waals surface area (Å²) in [4.78, 5) is 10.6. The lowest BCUT2D eigenvalue weighted by atomic mass is 10.2. The van der Waals surface area contributed by atoms with Gasteiger partial charge in [0, 0.05) is 6.42 Å². The molecule has 0 saturated heterocycles. The van der Waals surface area contributed by atoms with E-state index in [0.29, 0.717) is 23.5 Å². The first-order valence-electron chi connectivity index (χ1n) is 4.78. The molecule has 0 N–H and O–H groups in total. The highest BCUT2D eigenvalue weighted by atomic mass is 32.2. The zero-order valence-corrected chi connectivity index (χ0v) is 10.2. The van der Waals surface area contributed by atoms with Crippen LogP contribution in [-0.4, -0.2) is 20.0 Å². The van der Waals surface area contributed by atoms with Gasteiger partial charge in [-0.25, -0.2) is 8.42 Å². The first kappa shape index (κ1) is 12.4. The molecule has 0 bridgehead atoms. The van der Waals surface area contributed by atoms with E-state index in [2.05, 4.69) is 0 Å². The van der Waals surface area contributed by atoms with Crippen molar-refractivity contribution in [2.45, 2.75) is 30.4 Å². The van der Waals surface area contributed by atoms with Gasteiger partial charge >= 0.3 is 0 Å². The Bertz CT molecular complexity index is 404. The van der Waals surface area contributed by atoms with Gasteiger partial charge in [-0.3, -0.25) is 0 Å². The molecule has 0 spiro atoms. The van der Waals surface area contributed by atoms with Crippen LogP contribution in [0.5, 0.6) is 0 Å². The van der Waals surface area contributed by atoms with Gasteiger partial charge in [0.1, 0.15) is 9.99 Å². The molecule has 1 heterocycles. The van der Waals surface area contributed by atoms with Gasteiger partial charge in [0.25, 0.3) is 0 Å². The Balaban J connectivity index is 2.42. The number of carbonyl (C=O) groups excluding carboxylic acids is 1. The quantitative estimate of drug-likeness (QED) is 0.724. The lowest BCUT2D eigenvalue weighted by molar-refractivity contribution is -0.117. The Kier molecular flexibility index (Phi) is 4.47. The van der Waals surface area contributed by atoms with Crippen LogP contribution < -0.4 is 0 Å². The Hall–Kier alpha value is -0.680. The maximum Gasteiger partial charge on any atom is 0.187 e. The number of Topliss-reactive ketones (excluding diaryl/α,β-unsaturated/α-hetero) is 1. The van der Waals surface area contributed by atoms with Crippen LogP contribution in [0.3, 0.4) is 0 Å². The molecular formula is C10H14O3S2. The van der Waals surface area contributed by atoms with Gasteiger partial charge in [0.2, 0.25) is 0 Å². The molecule has 1 aromatic heterocycles. The topological polar surface area (TPSA) is 51.2 Å². The molecule has 3 nitrogen and oxygen atoms in total. The summed E-state index contributed by atoms with van der Waals surface area (Å²) in [5.74, 6) is 0.254. The number of thiophene rings is 1. The van der Waals surface area contributed by atoms with Crippen molar-refractivity contribution in [3.63, 3.8) is 0 Å². The molecular weight excluding hydrogens is 232 g/mol. The predicted molar refractivity (Wildman–Crippen MR) is 60.9 cm³/mol. The van der Waals surface area contributed by atoms with Crippen molar-refractivity contribution in [3.05, 3.63) is 17.5 Å². The minimum Gasteiger partial charge on any atom is -0.300 e. The minimum absolute atomic E-state index is 0.114. The van der Waals surface area contributed by atoms with E-state index in [1.54, 1.807) is 17.5 Å². The lowest BCUT2D eigenvalue weighted by Crippen LogP contribution is -2.05. The summed E-state index contributed by atoms with van der Waals surface area (Å²) < 4.78 is 23.7. The number of sulfone groups is 1. The third kappa shape index (κ3) is 4.13. The van der Waals surface area contributed by atoms with Crippen LogP contribution in [0.2, 0.25) is 0 Å². The molecule has 84 valence electrons. The van der Waals surface area contributed by atoms with Crippen LogP contribution in [0.4, 0.5) is 0 Å². The molecule has 0 aliphatic carbocycles. The smallest absolute Gasteiger partial charge is 0.187 e. The van der Waals surface area contributed by atoms with E-state index in [4.69, 9.17) is 0 Å². The zero-order chi connectivity index (χ0) is 11.3. The van der Waals surface area contributed by atoms with Crippen molar-refractivity contribution < 1.29 is 13.2 Å². The van der Waals surface area contributed by atoms with Crippen molar-refractivity contribution in [1.82, 2.24) is 0 Å². The van der Waals surface area contributed by atoms with Crippen molar-refractivity contribution in [1.29, 1.82) is 0 Å². The number of carbonyl (C=O) groups is 1. The van der Waals surface area contributed by atoms with E-state index in [-0.39, 0.29) is 11.5 Å². The monoisotopic (exact) mass is 246 g/mol. The predicted octanol–water partition coefficient (Wildman–Crippen LogP) is 2.28. The molecule has 1 rings (SSSR count). The average molecular weight is 246 g/mol. The summed E-state index contributed by atoms with van der Waals surface area (Å²) in [6.45, 7) is 1.52. The first-order chi connectivity index (χ1) is 7.02. The molecule has 0 radical (unpaired) electrons. The number of ketones is 1. The van der Waals surface area contributed by atoms with Crippen LogP contribution in [0.1, 0.15) is 26.2 Å². The van der Waals surface area contributed by atoms with Crippen LogP contribution in [0.25, 0.3) is 0 Å². The van der Waals surface area contributed by atoms with E-state index < -0.39 is 9.84 Å². The second-order valence-electron chi connectivity index (χ2n) is 3.41. The summed E-state index contributed by atoms with van der Waals surface area (Å²) in [5, 5.41) is 1.75. The molecule has 0 atom stereocenters. The fourth-order valence-electron chi connectivity index (χ4n) is 1.21. The van der Waals surface area contributed by atoms with Gasteiger partial charge < -0.3 is 4.79 Å². The normalized spacial score (nSPS) is 11.5. The lowest BCUT2D eigenvalue weighted by Gasteiger charge is -2.00. The van der Waals surface area contributed by atoms with Gasteiger partial charge in [-0.2, -0.15) is 0 Å². The molecule has 0 unspecified atom stereocenters. The van der Waals surface area contributed by atoms with Gasteiger partial charge in [-0.15, -0.1) is 11.3 Å². The Morgan fingerprint density at radius 2 is 2.13 bits per heavy atom. The Morgan fingerprint density at radius 1 is 1.40 bits per heavy atom. The molecule has 15 heavy (non-hydrogen) atoms. The molecule has 0 fully saturated rings. The minimum atomic E-state index is -3.11. The van der Waals surface area contributed by atoms with Crippen LogP contribution in [-0.2, 0) is 14.6 Å². The fourth-order valence-corrected chi connectivity index (χ4v) is 3.73. The van der Waals surface area contributed by atoms with E-state index >= 15 is 0 Å². The van der Waals surface area contributed by atoms with Gasteiger partial charge in [0.05, 0.1) is 5.75 Å². The molecule has 0 saturated carbocycles. The molecule has 0 aliphatic heterocycles. The van der Waals surface area contributed by atoms with Crippen LogP contribution in [0, 0.1) is 0 Å². The van der Waals surface area contributed by atoms with Crippen molar-refractivity contribution in [3.8, 4) is 0 Å². The second-order valence-corrected chi connectivity index (χ2v) is 6.69. The van der Waals surface area contributed by atoms with Crippen molar-refractivity contribution in [2.75, 3.05) is 5.75 Å². The number of unbranched alkanes of at least 4 members (excludes halogenated alkanes) is 1. The molecule has 1 aromatic rings. The van der Waals surface area contributed by atoms with E-state index in [0.717, 1.165) is 0 Å². The molecule has 0 aromatic carbocycles. The highest BCUT2D eigenvalue weighted by Gasteiger charge is 2.14. The van der Waals surface area contributed by atoms with Crippen molar-refractivity contribution >= 4 is 27.0 Å². The molecule has 5 heteroatoms. The van der Waals surface area contributed by atoms with Gasteiger partial charge in [-0.05, 0) is 31.2 Å².